The Morgan fingerprint density at radius 2 is 2.10 bits per heavy atom. The Morgan fingerprint density at radius 3 is 2.75 bits per heavy atom. The largest absolute Gasteiger partial charge is 0.493 e. The Bertz CT molecular complexity index is 435. The van der Waals surface area contributed by atoms with Crippen molar-refractivity contribution in [2.24, 2.45) is 0 Å². The van der Waals surface area contributed by atoms with Crippen LogP contribution in [0.3, 0.4) is 0 Å². The van der Waals surface area contributed by atoms with Gasteiger partial charge in [-0.1, -0.05) is 13.0 Å². The Balaban J connectivity index is 2.32. The molecule has 2 amide bonds. The van der Waals surface area contributed by atoms with Crippen LogP contribution in [-0.4, -0.2) is 32.3 Å². The van der Waals surface area contributed by atoms with Crippen LogP contribution < -0.4 is 20.1 Å². The first-order chi connectivity index (χ1) is 9.56. The first-order valence-corrected chi connectivity index (χ1v) is 6.88. The third kappa shape index (κ3) is 5.38. The third-order valence-electron chi connectivity index (χ3n) is 2.95. The second kappa shape index (κ2) is 8.30. The number of amides is 2. The van der Waals surface area contributed by atoms with Gasteiger partial charge < -0.3 is 20.1 Å². The number of urea groups is 1. The molecule has 0 heterocycles. The standard InChI is InChI=1S/C15H24N2O3/c1-5-12(3)17-15(18)16-8-9-20-13-7-6-11(2)10-14(13)19-4/h6-7,10,12H,5,8-9H2,1-4H3,(H2,16,17,18). The lowest BCUT2D eigenvalue weighted by Crippen LogP contribution is -2.41. The number of ether oxygens (including phenoxy) is 2. The monoisotopic (exact) mass is 280 g/mol. The summed E-state index contributed by atoms with van der Waals surface area (Å²) in [5.41, 5.74) is 1.11. The van der Waals surface area contributed by atoms with Crippen molar-refractivity contribution in [3.63, 3.8) is 0 Å². The van der Waals surface area contributed by atoms with Crippen molar-refractivity contribution in [1.82, 2.24) is 10.6 Å². The topological polar surface area (TPSA) is 59.6 Å². The number of nitrogens with one attached hydrogen (secondary N) is 2. The molecular weight excluding hydrogens is 256 g/mol. The van der Waals surface area contributed by atoms with E-state index < -0.39 is 0 Å². The molecule has 112 valence electrons. The molecule has 0 saturated carbocycles. The molecule has 1 unspecified atom stereocenters. The zero-order valence-electron chi connectivity index (χ0n) is 12.7. The Morgan fingerprint density at radius 1 is 1.35 bits per heavy atom. The summed E-state index contributed by atoms with van der Waals surface area (Å²) >= 11 is 0. The lowest BCUT2D eigenvalue weighted by molar-refractivity contribution is 0.232. The minimum atomic E-state index is -0.168. The molecule has 0 radical (unpaired) electrons. The zero-order chi connectivity index (χ0) is 15.0. The SMILES string of the molecule is CCC(C)NC(=O)NCCOc1ccc(C)cc1OC. The van der Waals surface area contributed by atoms with Gasteiger partial charge in [0.25, 0.3) is 0 Å². The normalized spacial score (nSPS) is 11.6. The van der Waals surface area contributed by atoms with Gasteiger partial charge in [0.15, 0.2) is 11.5 Å². The van der Waals surface area contributed by atoms with E-state index in [2.05, 4.69) is 10.6 Å². The van der Waals surface area contributed by atoms with Crippen molar-refractivity contribution < 1.29 is 14.3 Å². The lowest BCUT2D eigenvalue weighted by atomic mass is 10.2. The maximum atomic E-state index is 11.5. The summed E-state index contributed by atoms with van der Waals surface area (Å²) in [5.74, 6) is 1.39. The molecule has 0 aliphatic rings. The number of rotatable bonds is 7. The van der Waals surface area contributed by atoms with Crippen molar-refractivity contribution in [2.75, 3.05) is 20.3 Å². The van der Waals surface area contributed by atoms with E-state index in [1.165, 1.54) is 0 Å². The van der Waals surface area contributed by atoms with Gasteiger partial charge in [0, 0.05) is 6.04 Å². The summed E-state index contributed by atoms with van der Waals surface area (Å²) in [6.07, 6.45) is 0.907. The molecular formula is C15H24N2O3. The molecule has 0 aliphatic heterocycles. The first-order valence-electron chi connectivity index (χ1n) is 6.88. The molecule has 0 spiro atoms. The Hall–Kier alpha value is -1.91. The maximum Gasteiger partial charge on any atom is 0.315 e. The van der Waals surface area contributed by atoms with E-state index in [4.69, 9.17) is 9.47 Å². The highest BCUT2D eigenvalue weighted by molar-refractivity contribution is 5.74. The van der Waals surface area contributed by atoms with E-state index in [9.17, 15) is 4.79 Å². The quantitative estimate of drug-likeness (QED) is 0.754. The number of carbonyl (C=O) groups is 1. The van der Waals surface area contributed by atoms with E-state index in [-0.39, 0.29) is 12.1 Å². The van der Waals surface area contributed by atoms with Crippen LogP contribution in [0.4, 0.5) is 4.79 Å². The molecule has 0 aromatic heterocycles. The third-order valence-corrected chi connectivity index (χ3v) is 2.95. The smallest absolute Gasteiger partial charge is 0.315 e. The maximum absolute atomic E-state index is 11.5. The molecule has 1 rings (SSSR count). The van der Waals surface area contributed by atoms with Crippen molar-refractivity contribution in [1.29, 1.82) is 0 Å². The van der Waals surface area contributed by atoms with Crippen molar-refractivity contribution in [2.45, 2.75) is 33.2 Å². The van der Waals surface area contributed by atoms with Gasteiger partial charge in [0.2, 0.25) is 0 Å². The zero-order valence-corrected chi connectivity index (χ0v) is 12.7. The van der Waals surface area contributed by atoms with E-state index in [1.807, 2.05) is 39.0 Å². The molecule has 2 N–H and O–H groups in total. The van der Waals surface area contributed by atoms with Gasteiger partial charge in [0.05, 0.1) is 13.7 Å². The molecule has 20 heavy (non-hydrogen) atoms. The predicted molar refractivity (Wildman–Crippen MR) is 79.5 cm³/mol. The number of hydrogen-bond acceptors (Lipinski definition) is 3. The van der Waals surface area contributed by atoms with Gasteiger partial charge in [-0.15, -0.1) is 0 Å². The lowest BCUT2D eigenvalue weighted by Gasteiger charge is -2.14. The molecule has 0 bridgehead atoms. The van der Waals surface area contributed by atoms with Crippen LogP contribution in [0.1, 0.15) is 25.8 Å². The van der Waals surface area contributed by atoms with Crippen LogP contribution in [0.2, 0.25) is 0 Å². The fourth-order valence-electron chi connectivity index (χ4n) is 1.60. The second-order valence-corrected chi connectivity index (χ2v) is 4.71. The molecule has 5 nitrogen and oxygen atoms in total. The van der Waals surface area contributed by atoms with Crippen LogP contribution in [0.5, 0.6) is 11.5 Å². The first kappa shape index (κ1) is 16.1. The van der Waals surface area contributed by atoms with Crippen molar-refractivity contribution in [3.05, 3.63) is 23.8 Å². The second-order valence-electron chi connectivity index (χ2n) is 4.71. The van der Waals surface area contributed by atoms with Crippen LogP contribution in [0.15, 0.2) is 18.2 Å². The van der Waals surface area contributed by atoms with E-state index in [0.717, 1.165) is 12.0 Å². The minimum Gasteiger partial charge on any atom is -0.493 e. The van der Waals surface area contributed by atoms with Crippen LogP contribution in [-0.2, 0) is 0 Å². The summed E-state index contributed by atoms with van der Waals surface area (Å²) in [4.78, 5) is 11.5. The van der Waals surface area contributed by atoms with E-state index in [0.29, 0.717) is 24.7 Å². The average Bonchev–Trinajstić information content (AvgIpc) is 2.44. The van der Waals surface area contributed by atoms with Crippen molar-refractivity contribution in [3.8, 4) is 11.5 Å². The molecule has 0 saturated heterocycles. The molecule has 5 heteroatoms. The Labute approximate surface area is 120 Å². The predicted octanol–water partition coefficient (Wildman–Crippen LogP) is 2.48. The molecule has 0 aliphatic carbocycles. The molecule has 1 atom stereocenters. The summed E-state index contributed by atoms with van der Waals surface area (Å²) < 4.78 is 10.8. The summed E-state index contributed by atoms with van der Waals surface area (Å²) in [7, 11) is 1.61. The molecule has 1 aromatic rings. The van der Waals surface area contributed by atoms with Gasteiger partial charge >= 0.3 is 6.03 Å². The Kier molecular flexibility index (Phi) is 6.70. The number of benzene rings is 1. The minimum absolute atomic E-state index is 0.168. The molecule has 1 aromatic carbocycles. The van der Waals surface area contributed by atoms with Gasteiger partial charge in [-0.25, -0.2) is 4.79 Å². The highest BCUT2D eigenvalue weighted by Gasteiger charge is 2.06. The number of methoxy groups -OCH3 is 1. The number of carbonyl (C=O) groups excluding carboxylic acids is 1. The van der Waals surface area contributed by atoms with E-state index in [1.54, 1.807) is 7.11 Å². The molecule has 0 fully saturated rings. The van der Waals surface area contributed by atoms with E-state index >= 15 is 0 Å². The summed E-state index contributed by atoms with van der Waals surface area (Å²) in [6, 6.07) is 5.75. The summed E-state index contributed by atoms with van der Waals surface area (Å²) in [6.45, 7) is 6.82. The van der Waals surface area contributed by atoms with Gasteiger partial charge in [-0.05, 0) is 38.0 Å². The van der Waals surface area contributed by atoms with Crippen LogP contribution in [0.25, 0.3) is 0 Å². The number of hydrogen-bond donors (Lipinski definition) is 2. The van der Waals surface area contributed by atoms with Crippen molar-refractivity contribution >= 4 is 6.03 Å². The van der Waals surface area contributed by atoms with Gasteiger partial charge in [0.1, 0.15) is 6.61 Å². The van der Waals surface area contributed by atoms with Gasteiger partial charge in [-0.3, -0.25) is 0 Å². The highest BCUT2D eigenvalue weighted by Crippen LogP contribution is 2.27. The number of aryl methyl sites for hydroxylation is 1. The highest BCUT2D eigenvalue weighted by atomic mass is 16.5. The van der Waals surface area contributed by atoms with Crippen LogP contribution in [0, 0.1) is 6.92 Å². The van der Waals surface area contributed by atoms with Gasteiger partial charge in [-0.2, -0.15) is 0 Å². The fourth-order valence-corrected chi connectivity index (χ4v) is 1.60. The van der Waals surface area contributed by atoms with Crippen LogP contribution >= 0.6 is 0 Å². The fraction of sp³-hybridized carbons (Fsp3) is 0.533. The average molecular weight is 280 g/mol. The summed E-state index contributed by atoms with van der Waals surface area (Å²) in [5, 5.41) is 5.58.